The summed E-state index contributed by atoms with van der Waals surface area (Å²) in [5.41, 5.74) is -0.206. The van der Waals surface area contributed by atoms with Gasteiger partial charge in [0.2, 0.25) is 0 Å². The highest BCUT2D eigenvalue weighted by atomic mass is 16.4. The molecule has 1 aromatic heterocycles. The van der Waals surface area contributed by atoms with Gasteiger partial charge in [-0.3, -0.25) is 0 Å². The lowest BCUT2D eigenvalue weighted by Crippen LogP contribution is -2.54. The van der Waals surface area contributed by atoms with Gasteiger partial charge in [-0.15, -0.1) is 0 Å². The molecule has 2 unspecified atom stereocenters. The Balaban J connectivity index is 2.11. The zero-order valence-electron chi connectivity index (χ0n) is 12.9. The van der Waals surface area contributed by atoms with Crippen molar-refractivity contribution in [3.05, 3.63) is 23.2 Å². The Morgan fingerprint density at radius 1 is 1.48 bits per heavy atom. The Bertz CT molecular complexity index is 566. The SMILES string of the molecule is Cc1cc(C(C)NC(=O)N2CCCC2(C)C(=O)O)c(C)o1. The second-order valence-corrected chi connectivity index (χ2v) is 5.87. The van der Waals surface area contributed by atoms with E-state index in [1.54, 1.807) is 6.92 Å². The second-order valence-electron chi connectivity index (χ2n) is 5.87. The van der Waals surface area contributed by atoms with E-state index < -0.39 is 11.5 Å². The zero-order chi connectivity index (χ0) is 15.8. The number of rotatable bonds is 3. The average molecular weight is 294 g/mol. The second kappa shape index (κ2) is 5.42. The molecule has 2 heterocycles. The molecule has 2 amide bonds. The van der Waals surface area contributed by atoms with Gasteiger partial charge in [0.05, 0.1) is 6.04 Å². The standard InChI is InChI=1S/C15H22N2O4/c1-9-8-12(11(3)21-9)10(2)16-14(20)17-7-5-6-15(17,4)13(18)19/h8,10H,5-7H2,1-4H3,(H,16,20)(H,18,19). The number of hydrogen-bond acceptors (Lipinski definition) is 3. The molecular weight excluding hydrogens is 272 g/mol. The molecule has 1 aromatic rings. The summed E-state index contributed by atoms with van der Waals surface area (Å²) in [4.78, 5) is 25.2. The number of carboxylic acids is 1. The van der Waals surface area contributed by atoms with Crippen molar-refractivity contribution < 1.29 is 19.1 Å². The van der Waals surface area contributed by atoms with Crippen LogP contribution in [0.2, 0.25) is 0 Å². The molecule has 21 heavy (non-hydrogen) atoms. The number of nitrogens with one attached hydrogen (secondary N) is 1. The van der Waals surface area contributed by atoms with Crippen LogP contribution in [0.25, 0.3) is 0 Å². The van der Waals surface area contributed by atoms with Crippen LogP contribution in [0.5, 0.6) is 0 Å². The summed E-state index contributed by atoms with van der Waals surface area (Å²) < 4.78 is 5.46. The molecule has 0 spiro atoms. The van der Waals surface area contributed by atoms with Gasteiger partial charge in [-0.1, -0.05) is 0 Å². The van der Waals surface area contributed by atoms with Crippen molar-refractivity contribution in [1.82, 2.24) is 10.2 Å². The molecule has 6 heteroatoms. The molecule has 1 fully saturated rings. The highest BCUT2D eigenvalue weighted by Crippen LogP contribution is 2.30. The third kappa shape index (κ3) is 2.75. The van der Waals surface area contributed by atoms with Crippen LogP contribution in [0, 0.1) is 13.8 Å². The summed E-state index contributed by atoms with van der Waals surface area (Å²) in [5, 5.41) is 12.2. The van der Waals surface area contributed by atoms with E-state index in [4.69, 9.17) is 4.42 Å². The molecule has 1 aliphatic heterocycles. The van der Waals surface area contributed by atoms with Crippen LogP contribution in [0.3, 0.4) is 0 Å². The topological polar surface area (TPSA) is 82.8 Å². The number of nitrogens with zero attached hydrogens (tertiary/aromatic N) is 1. The van der Waals surface area contributed by atoms with Crippen LogP contribution in [0.4, 0.5) is 4.79 Å². The molecule has 1 saturated heterocycles. The quantitative estimate of drug-likeness (QED) is 0.897. The number of likely N-dealkylation sites (tertiary alicyclic amines) is 1. The maximum Gasteiger partial charge on any atom is 0.329 e. The predicted molar refractivity (Wildman–Crippen MR) is 77.1 cm³/mol. The van der Waals surface area contributed by atoms with Crippen molar-refractivity contribution in [2.24, 2.45) is 0 Å². The van der Waals surface area contributed by atoms with E-state index in [1.165, 1.54) is 4.90 Å². The first-order valence-electron chi connectivity index (χ1n) is 7.14. The van der Waals surface area contributed by atoms with Crippen molar-refractivity contribution in [3.63, 3.8) is 0 Å². The van der Waals surface area contributed by atoms with E-state index in [1.807, 2.05) is 26.8 Å². The molecule has 0 radical (unpaired) electrons. The third-order valence-electron chi connectivity index (χ3n) is 4.23. The summed E-state index contributed by atoms with van der Waals surface area (Å²) >= 11 is 0. The lowest BCUT2D eigenvalue weighted by Gasteiger charge is -2.32. The summed E-state index contributed by atoms with van der Waals surface area (Å²) in [6.07, 6.45) is 1.18. The van der Waals surface area contributed by atoms with Gasteiger partial charge in [-0.25, -0.2) is 9.59 Å². The molecule has 6 nitrogen and oxygen atoms in total. The number of furan rings is 1. The van der Waals surface area contributed by atoms with Gasteiger partial charge in [0, 0.05) is 12.1 Å². The Labute approximate surface area is 124 Å². The van der Waals surface area contributed by atoms with Crippen molar-refractivity contribution >= 4 is 12.0 Å². The number of amides is 2. The Hall–Kier alpha value is -1.98. The number of hydrogen-bond donors (Lipinski definition) is 2. The van der Waals surface area contributed by atoms with Crippen molar-refractivity contribution in [1.29, 1.82) is 0 Å². The van der Waals surface area contributed by atoms with Gasteiger partial charge in [0.25, 0.3) is 0 Å². The third-order valence-corrected chi connectivity index (χ3v) is 4.23. The molecule has 0 bridgehead atoms. The van der Waals surface area contributed by atoms with E-state index in [-0.39, 0.29) is 12.1 Å². The van der Waals surface area contributed by atoms with Crippen LogP contribution in [-0.4, -0.2) is 34.1 Å². The van der Waals surface area contributed by atoms with Gasteiger partial charge in [-0.05, 0) is 46.6 Å². The van der Waals surface area contributed by atoms with E-state index in [0.717, 1.165) is 17.1 Å². The number of aliphatic carboxylic acids is 1. The van der Waals surface area contributed by atoms with Crippen LogP contribution < -0.4 is 5.32 Å². The number of urea groups is 1. The first-order chi connectivity index (χ1) is 9.75. The first-order valence-corrected chi connectivity index (χ1v) is 7.14. The molecule has 2 N–H and O–H groups in total. The van der Waals surface area contributed by atoms with E-state index in [2.05, 4.69) is 5.32 Å². The van der Waals surface area contributed by atoms with Crippen LogP contribution in [0.1, 0.15) is 49.8 Å². The van der Waals surface area contributed by atoms with Crippen molar-refractivity contribution in [3.8, 4) is 0 Å². The van der Waals surface area contributed by atoms with Gasteiger partial charge in [0.1, 0.15) is 17.1 Å². The van der Waals surface area contributed by atoms with Crippen LogP contribution >= 0.6 is 0 Å². The Morgan fingerprint density at radius 2 is 2.14 bits per heavy atom. The largest absolute Gasteiger partial charge is 0.480 e. The number of carbonyl (C=O) groups is 2. The lowest BCUT2D eigenvalue weighted by atomic mass is 10.00. The minimum Gasteiger partial charge on any atom is -0.480 e. The molecule has 0 aromatic carbocycles. The first kappa shape index (κ1) is 15.4. The number of carboxylic acid groups (broad SMARTS) is 1. The fourth-order valence-electron chi connectivity index (χ4n) is 2.93. The monoisotopic (exact) mass is 294 g/mol. The minimum absolute atomic E-state index is 0.228. The van der Waals surface area contributed by atoms with Crippen LogP contribution in [-0.2, 0) is 4.79 Å². The van der Waals surface area contributed by atoms with Crippen molar-refractivity contribution in [2.45, 2.75) is 52.1 Å². The van der Waals surface area contributed by atoms with Gasteiger partial charge < -0.3 is 19.7 Å². The molecule has 2 rings (SSSR count). The molecule has 2 atom stereocenters. The molecule has 0 saturated carbocycles. The zero-order valence-corrected chi connectivity index (χ0v) is 12.9. The van der Waals surface area contributed by atoms with Gasteiger partial charge in [0.15, 0.2) is 0 Å². The summed E-state index contributed by atoms with van der Waals surface area (Å²) in [7, 11) is 0. The predicted octanol–water partition coefficient (Wildman–Crippen LogP) is 2.61. The van der Waals surface area contributed by atoms with Gasteiger partial charge >= 0.3 is 12.0 Å². The fraction of sp³-hybridized carbons (Fsp3) is 0.600. The summed E-state index contributed by atoms with van der Waals surface area (Å²) in [6.45, 7) is 7.63. The molecular formula is C15H22N2O4. The highest BCUT2D eigenvalue weighted by molar-refractivity contribution is 5.86. The normalized spacial score (nSPS) is 23.1. The lowest BCUT2D eigenvalue weighted by molar-refractivity contribution is -0.147. The summed E-state index contributed by atoms with van der Waals surface area (Å²) in [5.74, 6) is 0.598. The maximum absolute atomic E-state index is 12.4. The van der Waals surface area contributed by atoms with Gasteiger partial charge in [-0.2, -0.15) is 0 Å². The highest BCUT2D eigenvalue weighted by Gasteiger charge is 2.46. The molecule has 1 aliphatic rings. The number of aryl methyl sites for hydroxylation is 2. The smallest absolute Gasteiger partial charge is 0.329 e. The minimum atomic E-state index is -1.12. The van der Waals surface area contributed by atoms with E-state index in [0.29, 0.717) is 19.4 Å². The van der Waals surface area contributed by atoms with E-state index in [9.17, 15) is 14.7 Å². The average Bonchev–Trinajstić information content (AvgIpc) is 2.93. The molecule has 116 valence electrons. The van der Waals surface area contributed by atoms with Crippen molar-refractivity contribution in [2.75, 3.05) is 6.54 Å². The number of carbonyl (C=O) groups excluding carboxylic acids is 1. The Morgan fingerprint density at radius 3 is 2.67 bits per heavy atom. The summed E-state index contributed by atoms with van der Waals surface area (Å²) in [6, 6.07) is 1.32. The fourth-order valence-corrected chi connectivity index (χ4v) is 2.93. The van der Waals surface area contributed by atoms with E-state index >= 15 is 0 Å². The Kier molecular flexibility index (Phi) is 3.98. The molecule has 0 aliphatic carbocycles. The van der Waals surface area contributed by atoms with Crippen LogP contribution in [0.15, 0.2) is 10.5 Å². The maximum atomic E-state index is 12.4.